The predicted molar refractivity (Wildman–Crippen MR) is 150 cm³/mol. The van der Waals surface area contributed by atoms with Crippen LogP contribution < -0.4 is 16.0 Å². The maximum atomic E-state index is 13.9. The molecule has 40 heavy (non-hydrogen) atoms. The molecule has 11 nitrogen and oxygen atoms in total. The SMILES string of the molecule is O=C(NC1Cc2ccc3[nH]ncc3c2CN([C@@H]2CCNC2)C1=O)N1CCC(N2Cc3ccccc3NC2=O)CC1. The van der Waals surface area contributed by atoms with E-state index in [0.29, 0.717) is 45.4 Å². The molecule has 5 heterocycles. The largest absolute Gasteiger partial charge is 0.332 e. The molecule has 5 amide bonds. The highest BCUT2D eigenvalue weighted by Gasteiger charge is 2.38. The molecule has 0 saturated carbocycles. The van der Waals surface area contributed by atoms with Gasteiger partial charge in [0, 0.05) is 62.3 Å². The Morgan fingerprint density at radius 2 is 1.80 bits per heavy atom. The van der Waals surface area contributed by atoms with Crippen molar-refractivity contribution in [3.63, 3.8) is 0 Å². The van der Waals surface area contributed by atoms with Gasteiger partial charge in [-0.05, 0) is 54.6 Å². The van der Waals surface area contributed by atoms with E-state index in [-0.39, 0.29) is 30.1 Å². The summed E-state index contributed by atoms with van der Waals surface area (Å²) in [5, 5.41) is 17.7. The third-order valence-electron chi connectivity index (χ3n) is 8.99. The summed E-state index contributed by atoms with van der Waals surface area (Å²) in [7, 11) is 0. The first-order valence-corrected chi connectivity index (χ1v) is 14.2. The first-order valence-electron chi connectivity index (χ1n) is 14.2. The Morgan fingerprint density at radius 3 is 2.62 bits per heavy atom. The van der Waals surface area contributed by atoms with Crippen LogP contribution in [0.15, 0.2) is 42.6 Å². The molecular weight excluding hydrogens is 508 g/mol. The molecule has 7 rings (SSSR count). The summed E-state index contributed by atoms with van der Waals surface area (Å²) in [4.78, 5) is 45.7. The van der Waals surface area contributed by atoms with E-state index >= 15 is 0 Å². The van der Waals surface area contributed by atoms with E-state index < -0.39 is 6.04 Å². The Bertz CT molecular complexity index is 1460. The van der Waals surface area contributed by atoms with Crippen molar-refractivity contribution in [3.8, 4) is 0 Å². The molecule has 4 N–H and O–H groups in total. The molecule has 0 spiro atoms. The van der Waals surface area contributed by atoms with Gasteiger partial charge in [0.15, 0.2) is 0 Å². The Morgan fingerprint density at radius 1 is 0.950 bits per heavy atom. The van der Waals surface area contributed by atoms with Gasteiger partial charge in [-0.15, -0.1) is 0 Å². The van der Waals surface area contributed by atoms with Gasteiger partial charge in [-0.25, -0.2) is 9.59 Å². The van der Waals surface area contributed by atoms with Crippen molar-refractivity contribution in [1.82, 2.24) is 35.5 Å². The second kappa shape index (κ2) is 10.1. The van der Waals surface area contributed by atoms with Gasteiger partial charge < -0.3 is 30.7 Å². The van der Waals surface area contributed by atoms with Crippen LogP contribution in [0.2, 0.25) is 0 Å². The Labute approximate surface area is 232 Å². The fourth-order valence-corrected chi connectivity index (χ4v) is 6.72. The number of amides is 5. The monoisotopic (exact) mass is 542 g/mol. The Balaban J connectivity index is 1.05. The van der Waals surface area contributed by atoms with Crippen LogP contribution in [0.4, 0.5) is 15.3 Å². The molecule has 1 unspecified atom stereocenters. The number of piperidine rings is 1. The molecule has 1 aromatic heterocycles. The van der Waals surface area contributed by atoms with Gasteiger partial charge in [0.1, 0.15) is 6.04 Å². The summed E-state index contributed by atoms with van der Waals surface area (Å²) < 4.78 is 0. The molecule has 2 atom stereocenters. The average molecular weight is 543 g/mol. The van der Waals surface area contributed by atoms with Gasteiger partial charge in [-0.2, -0.15) is 5.10 Å². The highest BCUT2D eigenvalue weighted by molar-refractivity contribution is 5.93. The van der Waals surface area contributed by atoms with Crippen LogP contribution in [0.5, 0.6) is 0 Å². The molecule has 2 fully saturated rings. The number of anilines is 1. The number of aromatic nitrogens is 2. The second-order valence-corrected chi connectivity index (χ2v) is 11.3. The maximum absolute atomic E-state index is 13.9. The van der Waals surface area contributed by atoms with Crippen molar-refractivity contribution in [1.29, 1.82) is 0 Å². The van der Waals surface area contributed by atoms with Gasteiger partial charge in [0.25, 0.3) is 0 Å². The van der Waals surface area contributed by atoms with E-state index in [1.165, 1.54) is 0 Å². The van der Waals surface area contributed by atoms with Crippen LogP contribution in [0, 0.1) is 0 Å². The fourth-order valence-electron chi connectivity index (χ4n) is 6.72. The summed E-state index contributed by atoms with van der Waals surface area (Å²) in [5.74, 6) is -0.0339. The number of carbonyl (C=O) groups is 3. The number of para-hydroxylation sites is 1. The zero-order chi connectivity index (χ0) is 27.2. The van der Waals surface area contributed by atoms with E-state index in [4.69, 9.17) is 0 Å². The predicted octanol–water partition coefficient (Wildman–Crippen LogP) is 2.40. The smallest absolute Gasteiger partial charge is 0.322 e. The lowest BCUT2D eigenvalue weighted by molar-refractivity contribution is -0.135. The molecule has 2 saturated heterocycles. The number of hydrogen-bond donors (Lipinski definition) is 4. The number of carbonyl (C=O) groups excluding carboxylic acids is 3. The van der Waals surface area contributed by atoms with Gasteiger partial charge in [-0.1, -0.05) is 24.3 Å². The summed E-state index contributed by atoms with van der Waals surface area (Å²) >= 11 is 0. The topological polar surface area (TPSA) is 126 Å². The molecule has 0 aliphatic carbocycles. The quantitative estimate of drug-likeness (QED) is 0.405. The summed E-state index contributed by atoms with van der Waals surface area (Å²) in [6, 6.07) is 11.1. The molecule has 11 heteroatoms. The minimum absolute atomic E-state index is 0.0339. The number of hydrogen-bond acceptors (Lipinski definition) is 5. The standard InChI is InChI=1S/C29H34N8O3/c38-27-26(13-18-5-6-25-22(15-31-34-25)23(18)17-36(27)21-7-10-30-14-21)33-28(39)35-11-8-20(9-12-35)37-16-19-3-1-2-4-24(19)32-29(37)40/h1-6,15,20-21,26,30H,7-14,16-17H2,(H,31,34)(H,32,40)(H,33,39)/t21-,26?/m1/s1. The lowest BCUT2D eigenvalue weighted by Crippen LogP contribution is -2.56. The van der Waals surface area contributed by atoms with Crippen LogP contribution in [0.1, 0.15) is 36.0 Å². The van der Waals surface area contributed by atoms with Gasteiger partial charge in [0.05, 0.1) is 11.7 Å². The molecule has 4 aliphatic heterocycles. The van der Waals surface area contributed by atoms with Crippen LogP contribution in [-0.2, 0) is 24.3 Å². The van der Waals surface area contributed by atoms with Crippen LogP contribution >= 0.6 is 0 Å². The van der Waals surface area contributed by atoms with Gasteiger partial charge in [-0.3, -0.25) is 9.89 Å². The molecule has 0 bridgehead atoms. The minimum Gasteiger partial charge on any atom is -0.332 e. The third-order valence-corrected chi connectivity index (χ3v) is 8.99. The number of H-pyrrole nitrogens is 1. The molecule has 0 radical (unpaired) electrons. The number of nitrogens with zero attached hydrogens (tertiary/aromatic N) is 4. The molecule has 208 valence electrons. The van der Waals surface area contributed by atoms with Gasteiger partial charge >= 0.3 is 12.1 Å². The number of aromatic amines is 1. The van der Waals surface area contributed by atoms with E-state index in [9.17, 15) is 14.4 Å². The summed E-state index contributed by atoms with van der Waals surface area (Å²) in [6.45, 7) is 3.78. The van der Waals surface area contributed by atoms with Crippen LogP contribution in [-0.4, -0.2) is 87.2 Å². The highest BCUT2D eigenvalue weighted by atomic mass is 16.2. The number of likely N-dealkylation sites (tertiary alicyclic amines) is 1. The third kappa shape index (κ3) is 4.43. The molecule has 4 aliphatic rings. The summed E-state index contributed by atoms with van der Waals surface area (Å²) in [5.41, 5.74) is 5.09. The number of fused-ring (bicyclic) bond motifs is 4. The van der Waals surface area contributed by atoms with E-state index in [1.54, 1.807) is 4.90 Å². The number of nitrogens with one attached hydrogen (secondary N) is 4. The van der Waals surface area contributed by atoms with E-state index in [1.807, 2.05) is 52.4 Å². The number of urea groups is 2. The molecular formula is C29H34N8O3. The zero-order valence-corrected chi connectivity index (χ0v) is 22.4. The van der Waals surface area contributed by atoms with Crippen molar-refractivity contribution in [3.05, 3.63) is 59.3 Å². The van der Waals surface area contributed by atoms with Gasteiger partial charge in [0.2, 0.25) is 5.91 Å². The second-order valence-electron chi connectivity index (χ2n) is 11.3. The van der Waals surface area contributed by atoms with Crippen molar-refractivity contribution in [2.75, 3.05) is 31.5 Å². The van der Waals surface area contributed by atoms with Crippen LogP contribution in [0.25, 0.3) is 10.9 Å². The lowest BCUT2D eigenvalue weighted by Gasteiger charge is -2.40. The van der Waals surface area contributed by atoms with Crippen molar-refractivity contribution in [2.45, 2.75) is 56.9 Å². The first kappa shape index (κ1) is 24.9. The lowest BCUT2D eigenvalue weighted by atomic mass is 9.98. The highest BCUT2D eigenvalue weighted by Crippen LogP contribution is 2.30. The Hall–Kier alpha value is -4.12. The molecule has 3 aromatic rings. The minimum atomic E-state index is -0.638. The van der Waals surface area contributed by atoms with Crippen molar-refractivity contribution < 1.29 is 14.4 Å². The van der Waals surface area contributed by atoms with Crippen LogP contribution in [0.3, 0.4) is 0 Å². The Kier molecular flexibility index (Phi) is 6.30. The normalized spacial score (nSPS) is 23.6. The van der Waals surface area contributed by atoms with Crippen molar-refractivity contribution >= 4 is 34.6 Å². The average Bonchev–Trinajstić information content (AvgIpc) is 3.66. The molecule has 2 aromatic carbocycles. The fraction of sp³-hybridized carbons (Fsp3) is 0.448. The summed E-state index contributed by atoms with van der Waals surface area (Å²) in [6.07, 6.45) is 4.56. The number of rotatable bonds is 3. The zero-order valence-electron chi connectivity index (χ0n) is 22.4. The maximum Gasteiger partial charge on any atom is 0.322 e. The number of benzene rings is 2. The van der Waals surface area contributed by atoms with E-state index in [0.717, 1.165) is 52.8 Å². The van der Waals surface area contributed by atoms with E-state index in [2.05, 4.69) is 26.1 Å². The first-order chi connectivity index (χ1) is 19.5. The van der Waals surface area contributed by atoms with Crippen molar-refractivity contribution in [2.24, 2.45) is 0 Å².